The first kappa shape index (κ1) is 12.0. The smallest absolute Gasteiger partial charge is 0.336 e. The van der Waals surface area contributed by atoms with Crippen LogP contribution in [0.2, 0.25) is 0 Å². The highest BCUT2D eigenvalue weighted by Crippen LogP contribution is 2.33. The number of para-hydroxylation sites is 1. The number of hydrogen-bond donors (Lipinski definition) is 0. The van der Waals surface area contributed by atoms with Crippen molar-refractivity contribution >= 4 is 16.7 Å². The standard InChI is InChI=1S/C17H13NO3/c19-16-9-7-12-6-8-15-14(17(12)21-16)10-18(11-20-15)13-4-2-1-3-5-13/h1-9H,10-11H2. The molecule has 1 aliphatic rings. The van der Waals surface area contributed by atoms with Gasteiger partial charge in [0.05, 0.1) is 12.1 Å². The summed E-state index contributed by atoms with van der Waals surface area (Å²) in [6.45, 7) is 1.14. The fraction of sp³-hybridized carbons (Fsp3) is 0.118. The van der Waals surface area contributed by atoms with E-state index in [1.54, 1.807) is 6.07 Å². The molecule has 3 aromatic rings. The van der Waals surface area contributed by atoms with Crippen molar-refractivity contribution in [2.24, 2.45) is 0 Å². The van der Waals surface area contributed by atoms with Crippen molar-refractivity contribution in [3.8, 4) is 5.75 Å². The van der Waals surface area contributed by atoms with E-state index >= 15 is 0 Å². The van der Waals surface area contributed by atoms with Gasteiger partial charge < -0.3 is 14.1 Å². The molecule has 0 N–H and O–H groups in total. The zero-order valence-corrected chi connectivity index (χ0v) is 11.3. The summed E-state index contributed by atoms with van der Waals surface area (Å²) in [5, 5.41) is 0.909. The molecule has 0 bridgehead atoms. The van der Waals surface area contributed by atoms with Crippen molar-refractivity contribution in [2.75, 3.05) is 11.6 Å². The second kappa shape index (κ2) is 4.66. The van der Waals surface area contributed by atoms with Gasteiger partial charge in [-0.1, -0.05) is 18.2 Å². The van der Waals surface area contributed by atoms with Crippen LogP contribution in [-0.4, -0.2) is 6.73 Å². The Morgan fingerprint density at radius 2 is 1.76 bits per heavy atom. The van der Waals surface area contributed by atoms with Crippen LogP contribution in [0.5, 0.6) is 5.75 Å². The summed E-state index contributed by atoms with van der Waals surface area (Å²) in [7, 11) is 0. The Bertz CT molecular complexity index is 855. The van der Waals surface area contributed by atoms with Crippen LogP contribution in [-0.2, 0) is 6.54 Å². The maximum Gasteiger partial charge on any atom is 0.336 e. The Hall–Kier alpha value is -2.75. The lowest BCUT2D eigenvalue weighted by molar-refractivity contribution is 0.289. The SMILES string of the molecule is O=c1ccc2ccc3c(c2o1)CN(c1ccccc1)CO3. The van der Waals surface area contributed by atoms with Gasteiger partial charge in [0.1, 0.15) is 11.3 Å². The number of rotatable bonds is 1. The maximum absolute atomic E-state index is 11.5. The lowest BCUT2D eigenvalue weighted by atomic mass is 10.1. The second-order valence-corrected chi connectivity index (χ2v) is 5.02. The molecule has 21 heavy (non-hydrogen) atoms. The van der Waals surface area contributed by atoms with Gasteiger partial charge >= 0.3 is 5.63 Å². The molecule has 104 valence electrons. The third-order valence-electron chi connectivity index (χ3n) is 3.70. The first-order valence-corrected chi connectivity index (χ1v) is 6.80. The summed E-state index contributed by atoms with van der Waals surface area (Å²) < 4.78 is 11.2. The minimum absolute atomic E-state index is 0.340. The third kappa shape index (κ3) is 2.05. The molecule has 0 amide bonds. The molecule has 4 rings (SSSR count). The summed E-state index contributed by atoms with van der Waals surface area (Å²) in [6, 6.07) is 17.1. The number of fused-ring (bicyclic) bond motifs is 3. The molecule has 0 saturated carbocycles. The minimum Gasteiger partial charge on any atom is -0.473 e. The van der Waals surface area contributed by atoms with Gasteiger partial charge in [-0.15, -0.1) is 0 Å². The zero-order chi connectivity index (χ0) is 14.2. The highest BCUT2D eigenvalue weighted by Gasteiger charge is 2.21. The predicted octanol–water partition coefficient (Wildman–Crippen LogP) is 3.15. The highest BCUT2D eigenvalue weighted by atomic mass is 16.5. The van der Waals surface area contributed by atoms with Crippen molar-refractivity contribution < 1.29 is 9.15 Å². The average molecular weight is 279 g/mol. The molecule has 1 aliphatic heterocycles. The lowest BCUT2D eigenvalue weighted by Gasteiger charge is -2.30. The maximum atomic E-state index is 11.5. The Morgan fingerprint density at radius 3 is 2.62 bits per heavy atom. The van der Waals surface area contributed by atoms with E-state index in [0.29, 0.717) is 18.9 Å². The molecule has 1 aromatic heterocycles. The van der Waals surface area contributed by atoms with E-state index in [4.69, 9.17) is 9.15 Å². The third-order valence-corrected chi connectivity index (χ3v) is 3.70. The predicted molar refractivity (Wildman–Crippen MR) is 80.6 cm³/mol. The topological polar surface area (TPSA) is 42.7 Å². The second-order valence-electron chi connectivity index (χ2n) is 5.02. The molecule has 0 radical (unpaired) electrons. The molecule has 0 saturated heterocycles. The normalized spacial score (nSPS) is 13.8. The molecule has 2 heterocycles. The van der Waals surface area contributed by atoms with E-state index < -0.39 is 0 Å². The van der Waals surface area contributed by atoms with Crippen LogP contribution >= 0.6 is 0 Å². The van der Waals surface area contributed by atoms with Crippen molar-refractivity contribution in [3.05, 3.63) is 70.6 Å². The Kier molecular flexibility index (Phi) is 2.67. The molecule has 0 fully saturated rings. The van der Waals surface area contributed by atoms with E-state index in [1.807, 2.05) is 42.5 Å². The van der Waals surface area contributed by atoms with Crippen molar-refractivity contribution in [1.82, 2.24) is 0 Å². The van der Waals surface area contributed by atoms with Gasteiger partial charge in [0.15, 0.2) is 6.73 Å². The molecule has 0 atom stereocenters. The van der Waals surface area contributed by atoms with E-state index in [9.17, 15) is 4.79 Å². The van der Waals surface area contributed by atoms with Crippen LogP contribution < -0.4 is 15.3 Å². The number of benzene rings is 2. The fourth-order valence-electron chi connectivity index (χ4n) is 2.65. The molecular formula is C17H13NO3. The first-order chi connectivity index (χ1) is 10.3. The number of hydrogen-bond acceptors (Lipinski definition) is 4. The van der Waals surface area contributed by atoms with Crippen LogP contribution in [0.1, 0.15) is 5.56 Å². The largest absolute Gasteiger partial charge is 0.473 e. The lowest BCUT2D eigenvalue weighted by Crippen LogP contribution is -2.32. The summed E-state index contributed by atoms with van der Waals surface area (Å²) in [5.41, 5.74) is 2.27. The summed E-state index contributed by atoms with van der Waals surface area (Å²) in [5.74, 6) is 0.782. The zero-order valence-electron chi connectivity index (χ0n) is 11.3. The molecule has 0 spiro atoms. The summed E-state index contributed by atoms with van der Waals surface area (Å²) in [6.07, 6.45) is 0. The van der Waals surface area contributed by atoms with Crippen molar-refractivity contribution in [1.29, 1.82) is 0 Å². The van der Waals surface area contributed by atoms with Crippen molar-refractivity contribution in [3.63, 3.8) is 0 Å². The Labute approximate surface area is 121 Å². The van der Waals surface area contributed by atoms with Gasteiger partial charge in [-0.2, -0.15) is 0 Å². The van der Waals surface area contributed by atoms with E-state index in [2.05, 4.69) is 4.90 Å². The molecule has 0 aliphatic carbocycles. The Morgan fingerprint density at radius 1 is 0.952 bits per heavy atom. The molecule has 4 nitrogen and oxygen atoms in total. The van der Waals surface area contributed by atoms with E-state index in [-0.39, 0.29) is 5.63 Å². The minimum atomic E-state index is -0.340. The molecule has 4 heteroatoms. The van der Waals surface area contributed by atoms with Gasteiger partial charge in [-0.05, 0) is 30.3 Å². The Balaban J connectivity index is 1.83. The molecule has 2 aromatic carbocycles. The fourth-order valence-corrected chi connectivity index (χ4v) is 2.65. The number of ether oxygens (including phenoxy) is 1. The van der Waals surface area contributed by atoms with Gasteiger partial charge in [-0.25, -0.2) is 4.79 Å². The van der Waals surface area contributed by atoms with Crippen molar-refractivity contribution in [2.45, 2.75) is 6.54 Å². The number of anilines is 1. The van der Waals surface area contributed by atoms with E-state index in [0.717, 1.165) is 22.4 Å². The summed E-state index contributed by atoms with van der Waals surface area (Å²) >= 11 is 0. The van der Waals surface area contributed by atoms with Crippen LogP contribution in [0.25, 0.3) is 11.0 Å². The molecular weight excluding hydrogens is 266 g/mol. The number of nitrogens with zero attached hydrogens (tertiary/aromatic N) is 1. The highest BCUT2D eigenvalue weighted by molar-refractivity contribution is 5.82. The quantitative estimate of drug-likeness (QED) is 0.642. The van der Waals surface area contributed by atoms with Crippen LogP contribution in [0.4, 0.5) is 5.69 Å². The van der Waals surface area contributed by atoms with Crippen LogP contribution in [0, 0.1) is 0 Å². The first-order valence-electron chi connectivity index (χ1n) is 6.80. The van der Waals surface area contributed by atoms with E-state index in [1.165, 1.54) is 6.07 Å². The monoisotopic (exact) mass is 279 g/mol. The van der Waals surface area contributed by atoms with Gasteiger partial charge in [0, 0.05) is 17.1 Å². The molecule has 0 unspecified atom stereocenters. The van der Waals surface area contributed by atoms with Crippen LogP contribution in [0.15, 0.2) is 63.8 Å². The van der Waals surface area contributed by atoms with Crippen LogP contribution in [0.3, 0.4) is 0 Å². The van der Waals surface area contributed by atoms with Gasteiger partial charge in [0.2, 0.25) is 0 Å². The van der Waals surface area contributed by atoms with Gasteiger partial charge in [0.25, 0.3) is 0 Å². The summed E-state index contributed by atoms with van der Waals surface area (Å²) in [4.78, 5) is 13.6. The van der Waals surface area contributed by atoms with Gasteiger partial charge in [-0.3, -0.25) is 0 Å². The average Bonchev–Trinajstić information content (AvgIpc) is 2.55.